The number of ether oxygens (including phenoxy) is 1. The van der Waals surface area contributed by atoms with Gasteiger partial charge in [-0.15, -0.1) is 0 Å². The third-order valence-electron chi connectivity index (χ3n) is 6.56. The van der Waals surface area contributed by atoms with Gasteiger partial charge in [0.2, 0.25) is 5.91 Å². The molecule has 2 amide bonds. The first-order valence-electron chi connectivity index (χ1n) is 12.5. The molecule has 0 heterocycles. The van der Waals surface area contributed by atoms with Gasteiger partial charge in [-0.05, 0) is 71.9 Å². The Morgan fingerprint density at radius 2 is 1.65 bits per heavy atom. The average Bonchev–Trinajstić information content (AvgIpc) is 2.93. The van der Waals surface area contributed by atoms with Gasteiger partial charge in [0.15, 0.2) is 0 Å². The lowest BCUT2D eigenvalue weighted by molar-refractivity contribution is -0.141. The number of carboxylic acids is 1. The lowest BCUT2D eigenvalue weighted by atomic mass is 9.84. The van der Waals surface area contributed by atoms with Crippen LogP contribution in [0.5, 0.6) is 0 Å². The number of amides is 2. The zero-order valence-electron chi connectivity index (χ0n) is 21.5. The molecule has 3 aromatic carbocycles. The van der Waals surface area contributed by atoms with Crippen LogP contribution in [0.2, 0.25) is 10.0 Å². The number of halogens is 2. The van der Waals surface area contributed by atoms with Crippen molar-refractivity contribution in [1.29, 1.82) is 0 Å². The van der Waals surface area contributed by atoms with Gasteiger partial charge in [-0.3, -0.25) is 9.59 Å². The van der Waals surface area contributed by atoms with E-state index in [4.69, 9.17) is 27.9 Å². The Bertz CT molecular complexity index is 1480. The maximum absolute atomic E-state index is 12.9. The molecule has 3 N–H and O–H groups in total. The predicted octanol–water partition coefficient (Wildman–Crippen LogP) is 5.56. The summed E-state index contributed by atoms with van der Waals surface area (Å²) in [6.07, 6.45) is 3.47. The van der Waals surface area contributed by atoms with Crippen molar-refractivity contribution in [1.82, 2.24) is 5.32 Å². The fourth-order valence-electron chi connectivity index (χ4n) is 4.64. The number of carboxylic acid groups (broad SMARTS) is 1. The topological polar surface area (TPSA) is 122 Å². The second-order valence-electron chi connectivity index (χ2n) is 9.20. The van der Waals surface area contributed by atoms with E-state index in [1.54, 1.807) is 54.6 Å². The van der Waals surface area contributed by atoms with Gasteiger partial charge < -0.3 is 20.5 Å². The number of rotatable bonds is 8. The normalized spacial score (nSPS) is 14.1. The Morgan fingerprint density at radius 3 is 2.30 bits per heavy atom. The van der Waals surface area contributed by atoms with Gasteiger partial charge >= 0.3 is 11.9 Å². The highest BCUT2D eigenvalue weighted by Gasteiger charge is 2.24. The molecule has 1 aliphatic rings. The molecule has 3 aromatic rings. The molecule has 0 aliphatic heterocycles. The Hall–Kier alpha value is -4.14. The van der Waals surface area contributed by atoms with Crippen molar-refractivity contribution in [3.8, 4) is 0 Å². The molecule has 0 radical (unpaired) electrons. The Labute approximate surface area is 240 Å². The minimum atomic E-state index is -1.19. The van der Waals surface area contributed by atoms with Crippen LogP contribution in [-0.4, -0.2) is 42.0 Å². The van der Waals surface area contributed by atoms with Gasteiger partial charge in [0.1, 0.15) is 6.04 Å². The van der Waals surface area contributed by atoms with Crippen molar-refractivity contribution >= 4 is 58.2 Å². The number of hydrogen-bond donors (Lipinski definition) is 3. The molecule has 0 spiro atoms. The van der Waals surface area contributed by atoms with Crippen molar-refractivity contribution in [2.24, 2.45) is 0 Å². The van der Waals surface area contributed by atoms with Crippen LogP contribution in [-0.2, 0) is 27.2 Å². The zero-order chi connectivity index (χ0) is 28.8. The summed E-state index contributed by atoms with van der Waals surface area (Å²) in [6.45, 7) is 0. The molecule has 1 atom stereocenters. The Kier molecular flexibility index (Phi) is 9.24. The number of allylic oxidation sites excluding steroid dienone is 1. The largest absolute Gasteiger partial charge is 0.480 e. The maximum Gasteiger partial charge on any atom is 0.338 e. The molecule has 4 rings (SSSR count). The second-order valence-corrected chi connectivity index (χ2v) is 10.0. The van der Waals surface area contributed by atoms with E-state index >= 15 is 0 Å². The SMILES string of the molecule is COC(=O)c1cccc2c1CCC/C2=C/C(=O)N[C@@H](Cc1ccc(NC(=O)c2c(Cl)cccc2Cl)cc1)C(=O)O. The summed E-state index contributed by atoms with van der Waals surface area (Å²) in [4.78, 5) is 49.6. The van der Waals surface area contributed by atoms with Crippen LogP contribution >= 0.6 is 23.2 Å². The molecule has 206 valence electrons. The molecular formula is C30H26Cl2N2O6. The highest BCUT2D eigenvalue weighted by Crippen LogP contribution is 2.33. The van der Waals surface area contributed by atoms with Gasteiger partial charge in [0.05, 0.1) is 28.3 Å². The number of nitrogens with one attached hydrogen (secondary N) is 2. The zero-order valence-corrected chi connectivity index (χ0v) is 23.0. The van der Waals surface area contributed by atoms with Crippen molar-refractivity contribution in [3.05, 3.63) is 105 Å². The number of aliphatic carboxylic acids is 1. The summed E-state index contributed by atoms with van der Waals surface area (Å²) in [5.41, 5.74) is 4.05. The first kappa shape index (κ1) is 28.9. The third kappa shape index (κ3) is 6.70. The average molecular weight is 581 g/mol. The highest BCUT2D eigenvalue weighted by molar-refractivity contribution is 6.40. The van der Waals surface area contributed by atoms with Crippen LogP contribution in [0.4, 0.5) is 5.69 Å². The van der Waals surface area contributed by atoms with Crippen molar-refractivity contribution in [3.63, 3.8) is 0 Å². The quantitative estimate of drug-likeness (QED) is 0.237. The van der Waals surface area contributed by atoms with E-state index in [1.165, 1.54) is 13.2 Å². The summed E-state index contributed by atoms with van der Waals surface area (Å²) >= 11 is 12.2. The molecule has 0 saturated heterocycles. The Balaban J connectivity index is 1.44. The van der Waals surface area contributed by atoms with E-state index in [0.717, 1.165) is 23.1 Å². The highest BCUT2D eigenvalue weighted by atomic mass is 35.5. The summed E-state index contributed by atoms with van der Waals surface area (Å²) in [7, 11) is 1.32. The first-order chi connectivity index (χ1) is 19.2. The summed E-state index contributed by atoms with van der Waals surface area (Å²) in [5.74, 6) is -2.64. The van der Waals surface area contributed by atoms with E-state index in [1.807, 2.05) is 6.07 Å². The second kappa shape index (κ2) is 12.8. The van der Waals surface area contributed by atoms with E-state index in [0.29, 0.717) is 29.7 Å². The fourth-order valence-corrected chi connectivity index (χ4v) is 5.21. The van der Waals surface area contributed by atoms with Crippen molar-refractivity contribution in [2.45, 2.75) is 31.7 Å². The van der Waals surface area contributed by atoms with E-state index in [-0.39, 0.29) is 22.0 Å². The number of carbonyl (C=O) groups excluding carboxylic acids is 3. The van der Waals surface area contributed by atoms with Gasteiger partial charge in [-0.1, -0.05) is 53.5 Å². The van der Waals surface area contributed by atoms with Gasteiger partial charge in [0, 0.05) is 18.2 Å². The molecular weight excluding hydrogens is 555 g/mol. The minimum absolute atomic E-state index is 0.0257. The van der Waals surface area contributed by atoms with Crippen LogP contribution in [0, 0.1) is 0 Å². The number of esters is 1. The minimum Gasteiger partial charge on any atom is -0.480 e. The number of anilines is 1. The van der Waals surface area contributed by atoms with Gasteiger partial charge in [-0.25, -0.2) is 9.59 Å². The third-order valence-corrected chi connectivity index (χ3v) is 7.19. The predicted molar refractivity (Wildman–Crippen MR) is 153 cm³/mol. The number of fused-ring (bicyclic) bond motifs is 1. The molecule has 10 heteroatoms. The standard InChI is InChI=1S/C30H26Cl2N2O6/c1-40-30(39)22-8-3-6-20-18(5-2-7-21(20)22)16-26(35)34-25(29(37)38)15-17-11-13-19(14-12-17)33-28(36)27-23(31)9-4-10-24(27)32/h3-4,6,8-14,16,25H,2,5,7,15H2,1H3,(H,33,36)(H,34,35)(H,37,38)/b18-16-/t25-/m0/s1. The van der Waals surface area contributed by atoms with E-state index in [9.17, 15) is 24.3 Å². The monoisotopic (exact) mass is 580 g/mol. The molecule has 0 aromatic heterocycles. The van der Waals surface area contributed by atoms with Crippen molar-refractivity contribution < 1.29 is 29.0 Å². The molecule has 0 bridgehead atoms. The molecule has 0 fully saturated rings. The lowest BCUT2D eigenvalue weighted by Crippen LogP contribution is -2.41. The van der Waals surface area contributed by atoms with E-state index in [2.05, 4.69) is 10.6 Å². The Morgan fingerprint density at radius 1 is 0.975 bits per heavy atom. The fraction of sp³-hybridized carbons (Fsp3) is 0.200. The number of benzene rings is 3. The first-order valence-corrected chi connectivity index (χ1v) is 13.2. The lowest BCUT2D eigenvalue weighted by Gasteiger charge is -2.21. The van der Waals surface area contributed by atoms with Gasteiger partial charge in [0.25, 0.3) is 5.91 Å². The smallest absolute Gasteiger partial charge is 0.338 e. The molecule has 8 nitrogen and oxygen atoms in total. The van der Waals surface area contributed by atoms with Crippen LogP contribution in [0.25, 0.3) is 5.57 Å². The molecule has 0 saturated carbocycles. The summed E-state index contributed by atoms with van der Waals surface area (Å²) in [5, 5.41) is 15.5. The number of methoxy groups -OCH3 is 1. The molecule has 40 heavy (non-hydrogen) atoms. The van der Waals surface area contributed by atoms with Crippen molar-refractivity contribution in [2.75, 3.05) is 12.4 Å². The van der Waals surface area contributed by atoms with Gasteiger partial charge in [-0.2, -0.15) is 0 Å². The summed E-state index contributed by atoms with van der Waals surface area (Å²) in [6, 6.07) is 15.4. The van der Waals surface area contributed by atoms with E-state index < -0.39 is 29.8 Å². The van der Waals surface area contributed by atoms with Crippen LogP contribution in [0.15, 0.2) is 66.7 Å². The summed E-state index contributed by atoms with van der Waals surface area (Å²) < 4.78 is 4.88. The van der Waals surface area contributed by atoms with Crippen LogP contribution in [0.1, 0.15) is 50.2 Å². The molecule has 0 unspecified atom stereocenters. The van der Waals surface area contributed by atoms with Crippen LogP contribution in [0.3, 0.4) is 0 Å². The molecule has 1 aliphatic carbocycles. The maximum atomic E-state index is 12.9. The number of carbonyl (C=O) groups is 4. The number of hydrogen-bond acceptors (Lipinski definition) is 5. The van der Waals surface area contributed by atoms with Crippen LogP contribution < -0.4 is 10.6 Å².